The molecule has 0 aliphatic carbocycles. The van der Waals surface area contributed by atoms with E-state index in [9.17, 15) is 0 Å². The molecule has 0 aliphatic heterocycles. The van der Waals surface area contributed by atoms with Gasteiger partial charge in [-0.3, -0.25) is 0 Å². The molecule has 2 aromatic rings. The Labute approximate surface area is 124 Å². The number of anilines is 2. The van der Waals surface area contributed by atoms with Crippen molar-refractivity contribution in [1.29, 1.82) is 0 Å². The Kier molecular flexibility index (Phi) is 4.89. The predicted molar refractivity (Wildman–Crippen MR) is 85.6 cm³/mol. The molecule has 0 amide bonds. The number of rotatable bonds is 6. The van der Waals surface area contributed by atoms with Gasteiger partial charge in [-0.1, -0.05) is 0 Å². The SMILES string of the molecule is CCNc1nc(-c2csc(C)c2)nc(N(CC)CC)n1. The lowest BCUT2D eigenvalue weighted by molar-refractivity contribution is 0.814. The van der Waals surface area contributed by atoms with Gasteiger partial charge in [-0.05, 0) is 33.8 Å². The second-order valence-electron chi connectivity index (χ2n) is 4.43. The summed E-state index contributed by atoms with van der Waals surface area (Å²) >= 11 is 1.71. The lowest BCUT2D eigenvalue weighted by Gasteiger charge is -2.19. The van der Waals surface area contributed by atoms with E-state index < -0.39 is 0 Å². The van der Waals surface area contributed by atoms with Gasteiger partial charge in [0.25, 0.3) is 0 Å². The Balaban J connectivity index is 2.45. The molecule has 0 saturated heterocycles. The Morgan fingerprint density at radius 1 is 1.15 bits per heavy atom. The summed E-state index contributed by atoms with van der Waals surface area (Å²) in [5.74, 6) is 2.12. The fraction of sp³-hybridized carbons (Fsp3) is 0.500. The largest absolute Gasteiger partial charge is 0.354 e. The minimum Gasteiger partial charge on any atom is -0.354 e. The highest BCUT2D eigenvalue weighted by Crippen LogP contribution is 2.24. The zero-order chi connectivity index (χ0) is 14.5. The normalized spacial score (nSPS) is 10.6. The van der Waals surface area contributed by atoms with Crippen LogP contribution in [0, 0.1) is 6.92 Å². The molecule has 0 fully saturated rings. The lowest BCUT2D eigenvalue weighted by atomic mass is 10.3. The van der Waals surface area contributed by atoms with E-state index in [0.29, 0.717) is 5.95 Å². The summed E-state index contributed by atoms with van der Waals surface area (Å²) in [6.45, 7) is 10.9. The van der Waals surface area contributed by atoms with Crippen molar-refractivity contribution in [2.75, 3.05) is 29.9 Å². The van der Waals surface area contributed by atoms with Crippen LogP contribution in [0.3, 0.4) is 0 Å². The number of hydrogen-bond donors (Lipinski definition) is 1. The highest BCUT2D eigenvalue weighted by atomic mass is 32.1. The first-order valence-electron chi connectivity index (χ1n) is 6.98. The van der Waals surface area contributed by atoms with E-state index in [4.69, 9.17) is 0 Å². The molecule has 0 spiro atoms. The molecular weight excluding hydrogens is 270 g/mol. The van der Waals surface area contributed by atoms with Crippen molar-refractivity contribution in [1.82, 2.24) is 15.0 Å². The Morgan fingerprint density at radius 2 is 1.90 bits per heavy atom. The number of hydrogen-bond acceptors (Lipinski definition) is 6. The second-order valence-corrected chi connectivity index (χ2v) is 5.55. The topological polar surface area (TPSA) is 53.9 Å². The van der Waals surface area contributed by atoms with Crippen molar-refractivity contribution in [2.24, 2.45) is 0 Å². The zero-order valence-electron chi connectivity index (χ0n) is 12.5. The molecule has 0 aliphatic rings. The van der Waals surface area contributed by atoms with Crippen LogP contribution in [0.1, 0.15) is 25.6 Å². The maximum atomic E-state index is 4.61. The predicted octanol–water partition coefficient (Wildman–Crippen LogP) is 3.19. The molecule has 0 bridgehead atoms. The molecule has 2 rings (SSSR count). The van der Waals surface area contributed by atoms with Crippen molar-refractivity contribution in [3.05, 3.63) is 16.3 Å². The molecule has 20 heavy (non-hydrogen) atoms. The third-order valence-corrected chi connectivity index (χ3v) is 3.85. The first-order valence-corrected chi connectivity index (χ1v) is 7.86. The van der Waals surface area contributed by atoms with Crippen LogP contribution < -0.4 is 10.2 Å². The van der Waals surface area contributed by atoms with Gasteiger partial charge in [-0.25, -0.2) is 0 Å². The van der Waals surface area contributed by atoms with Crippen molar-refractivity contribution in [3.8, 4) is 11.4 Å². The highest BCUT2D eigenvalue weighted by molar-refractivity contribution is 7.10. The van der Waals surface area contributed by atoms with E-state index in [0.717, 1.165) is 37.0 Å². The van der Waals surface area contributed by atoms with Gasteiger partial charge in [-0.2, -0.15) is 15.0 Å². The van der Waals surface area contributed by atoms with Crippen LogP contribution in [0.15, 0.2) is 11.4 Å². The quantitative estimate of drug-likeness (QED) is 0.886. The summed E-state index contributed by atoms with van der Waals surface area (Å²) in [7, 11) is 0. The van der Waals surface area contributed by atoms with E-state index >= 15 is 0 Å². The third-order valence-electron chi connectivity index (χ3n) is 2.99. The third kappa shape index (κ3) is 3.25. The highest BCUT2D eigenvalue weighted by Gasteiger charge is 2.12. The lowest BCUT2D eigenvalue weighted by Crippen LogP contribution is -2.25. The number of nitrogens with zero attached hydrogens (tertiary/aromatic N) is 4. The van der Waals surface area contributed by atoms with Gasteiger partial charge in [-0.15, -0.1) is 11.3 Å². The van der Waals surface area contributed by atoms with E-state index in [1.807, 2.05) is 6.92 Å². The Hall–Kier alpha value is -1.69. The molecule has 0 aromatic carbocycles. The van der Waals surface area contributed by atoms with Gasteiger partial charge in [0.1, 0.15) is 0 Å². The number of nitrogens with one attached hydrogen (secondary N) is 1. The second kappa shape index (κ2) is 6.65. The smallest absolute Gasteiger partial charge is 0.230 e. The summed E-state index contributed by atoms with van der Waals surface area (Å²) in [6, 6.07) is 2.11. The van der Waals surface area contributed by atoms with Crippen LogP contribution in [0.2, 0.25) is 0 Å². The number of aromatic nitrogens is 3. The minimum absolute atomic E-state index is 0.642. The summed E-state index contributed by atoms with van der Waals surface area (Å²) in [5, 5.41) is 5.27. The monoisotopic (exact) mass is 291 g/mol. The molecule has 1 N–H and O–H groups in total. The molecule has 0 saturated carbocycles. The van der Waals surface area contributed by atoms with Crippen LogP contribution >= 0.6 is 11.3 Å². The fourth-order valence-corrected chi connectivity index (χ4v) is 2.62. The van der Waals surface area contributed by atoms with E-state index in [1.54, 1.807) is 11.3 Å². The van der Waals surface area contributed by atoms with Crippen LogP contribution in [-0.2, 0) is 0 Å². The van der Waals surface area contributed by atoms with Gasteiger partial charge in [0.15, 0.2) is 5.82 Å². The van der Waals surface area contributed by atoms with E-state index in [2.05, 4.69) is 57.4 Å². The summed E-state index contributed by atoms with van der Waals surface area (Å²) in [4.78, 5) is 17.0. The van der Waals surface area contributed by atoms with Crippen LogP contribution in [0.4, 0.5) is 11.9 Å². The van der Waals surface area contributed by atoms with Crippen LogP contribution in [0.25, 0.3) is 11.4 Å². The number of aryl methyl sites for hydroxylation is 1. The van der Waals surface area contributed by atoms with E-state index in [1.165, 1.54) is 4.88 Å². The van der Waals surface area contributed by atoms with Crippen molar-refractivity contribution >= 4 is 23.2 Å². The van der Waals surface area contributed by atoms with Crippen molar-refractivity contribution in [3.63, 3.8) is 0 Å². The zero-order valence-corrected chi connectivity index (χ0v) is 13.3. The Morgan fingerprint density at radius 3 is 2.45 bits per heavy atom. The summed E-state index contributed by atoms with van der Waals surface area (Å²) in [5.41, 5.74) is 1.06. The molecule has 5 nitrogen and oxygen atoms in total. The fourth-order valence-electron chi connectivity index (χ4n) is 1.94. The van der Waals surface area contributed by atoms with Crippen molar-refractivity contribution in [2.45, 2.75) is 27.7 Å². The minimum atomic E-state index is 0.642. The summed E-state index contributed by atoms with van der Waals surface area (Å²) in [6.07, 6.45) is 0. The Bertz CT molecular complexity index is 562. The maximum Gasteiger partial charge on any atom is 0.230 e. The van der Waals surface area contributed by atoms with Gasteiger partial charge < -0.3 is 10.2 Å². The average Bonchev–Trinajstić information content (AvgIpc) is 2.87. The first kappa shape index (κ1) is 14.7. The standard InChI is InChI=1S/C14H21N5S/c1-5-15-13-16-12(11-8-10(4)20-9-11)17-14(18-13)19(6-2)7-3/h8-9H,5-7H2,1-4H3,(H,15,16,17,18). The molecule has 108 valence electrons. The van der Waals surface area contributed by atoms with Crippen LogP contribution in [-0.4, -0.2) is 34.6 Å². The number of thiophene rings is 1. The van der Waals surface area contributed by atoms with Gasteiger partial charge in [0.05, 0.1) is 0 Å². The van der Waals surface area contributed by atoms with Gasteiger partial charge >= 0.3 is 0 Å². The summed E-state index contributed by atoms with van der Waals surface area (Å²) < 4.78 is 0. The van der Waals surface area contributed by atoms with E-state index in [-0.39, 0.29) is 0 Å². The van der Waals surface area contributed by atoms with Gasteiger partial charge in [0, 0.05) is 35.5 Å². The molecule has 0 unspecified atom stereocenters. The average molecular weight is 291 g/mol. The van der Waals surface area contributed by atoms with Crippen molar-refractivity contribution < 1.29 is 0 Å². The molecular formula is C14H21N5S. The van der Waals surface area contributed by atoms with Gasteiger partial charge in [0.2, 0.25) is 11.9 Å². The van der Waals surface area contributed by atoms with Crippen LogP contribution in [0.5, 0.6) is 0 Å². The first-order chi connectivity index (χ1) is 9.67. The molecule has 0 radical (unpaired) electrons. The molecule has 2 heterocycles. The molecule has 0 atom stereocenters. The maximum absolute atomic E-state index is 4.61. The molecule has 6 heteroatoms. The molecule has 2 aromatic heterocycles.